The number of nitrogens with zero attached hydrogens (tertiary/aromatic N) is 1. The van der Waals surface area contributed by atoms with E-state index in [1.807, 2.05) is 0 Å². The molecule has 8 heteroatoms. The van der Waals surface area contributed by atoms with Crippen molar-refractivity contribution in [2.45, 2.75) is 26.4 Å². The zero-order chi connectivity index (χ0) is 19.3. The number of hydrogen-bond acceptors (Lipinski definition) is 4. The summed E-state index contributed by atoms with van der Waals surface area (Å²) in [5.41, 5.74) is -0.269. The van der Waals surface area contributed by atoms with E-state index in [0.717, 1.165) is 12.1 Å². The summed E-state index contributed by atoms with van der Waals surface area (Å²) in [7, 11) is 0. The molecule has 1 atom stereocenters. The van der Waals surface area contributed by atoms with E-state index in [9.17, 15) is 23.5 Å². The van der Waals surface area contributed by atoms with E-state index in [4.69, 9.17) is 4.42 Å². The van der Waals surface area contributed by atoms with Gasteiger partial charge in [-0.25, -0.2) is 8.78 Å². The van der Waals surface area contributed by atoms with Crippen molar-refractivity contribution in [1.82, 2.24) is 10.2 Å². The third kappa shape index (κ3) is 4.89. The van der Waals surface area contributed by atoms with Crippen molar-refractivity contribution in [2.24, 2.45) is 0 Å². The first-order chi connectivity index (χ1) is 12.3. The largest absolute Gasteiger partial charge is 0.480 e. The first kappa shape index (κ1) is 19.6. The number of amides is 1. The fraction of sp³-hybridized carbons (Fsp3) is 0.333. The number of carboxylic acid groups (broad SMARTS) is 1. The summed E-state index contributed by atoms with van der Waals surface area (Å²) >= 11 is 0. The summed E-state index contributed by atoms with van der Waals surface area (Å²) in [4.78, 5) is 23.8. The number of nitrogens with one attached hydrogen (secondary N) is 1. The molecule has 1 aromatic carbocycles. The fourth-order valence-corrected chi connectivity index (χ4v) is 2.47. The van der Waals surface area contributed by atoms with Crippen LogP contribution in [0.2, 0.25) is 0 Å². The van der Waals surface area contributed by atoms with Gasteiger partial charge in [0.05, 0.1) is 12.1 Å². The SMILES string of the molecule is CC(=O)NCCN(Cc1ccc(-c2c(F)cccc2F)o1)C(C)C(=O)O. The maximum absolute atomic E-state index is 13.9. The van der Waals surface area contributed by atoms with Crippen LogP contribution < -0.4 is 5.32 Å². The Hall–Kier alpha value is -2.74. The van der Waals surface area contributed by atoms with Crippen LogP contribution >= 0.6 is 0 Å². The monoisotopic (exact) mass is 366 g/mol. The van der Waals surface area contributed by atoms with Crippen molar-refractivity contribution < 1.29 is 27.9 Å². The topological polar surface area (TPSA) is 82.8 Å². The van der Waals surface area contributed by atoms with Gasteiger partial charge >= 0.3 is 5.97 Å². The van der Waals surface area contributed by atoms with E-state index in [0.29, 0.717) is 5.76 Å². The second-order valence-electron chi connectivity index (χ2n) is 5.83. The number of rotatable bonds is 8. The van der Waals surface area contributed by atoms with Gasteiger partial charge in [0.2, 0.25) is 5.91 Å². The molecule has 6 nitrogen and oxygen atoms in total. The Labute approximate surface area is 149 Å². The lowest BCUT2D eigenvalue weighted by Gasteiger charge is -2.25. The molecule has 0 spiro atoms. The summed E-state index contributed by atoms with van der Waals surface area (Å²) < 4.78 is 33.2. The molecule has 0 bridgehead atoms. The quantitative estimate of drug-likeness (QED) is 0.751. The molecule has 0 saturated heterocycles. The molecule has 0 aliphatic heterocycles. The summed E-state index contributed by atoms with van der Waals surface area (Å²) in [5, 5.41) is 11.8. The van der Waals surface area contributed by atoms with Crippen LogP contribution in [-0.2, 0) is 16.1 Å². The summed E-state index contributed by atoms with van der Waals surface area (Å²) in [6, 6.07) is 5.67. The molecular weight excluding hydrogens is 346 g/mol. The average molecular weight is 366 g/mol. The number of benzene rings is 1. The van der Waals surface area contributed by atoms with Crippen LogP contribution in [0.1, 0.15) is 19.6 Å². The van der Waals surface area contributed by atoms with Gasteiger partial charge in [0.15, 0.2) is 0 Å². The van der Waals surface area contributed by atoms with Crippen molar-refractivity contribution in [2.75, 3.05) is 13.1 Å². The molecule has 1 amide bonds. The lowest BCUT2D eigenvalue weighted by atomic mass is 10.1. The summed E-state index contributed by atoms with van der Waals surface area (Å²) in [5.74, 6) is -2.35. The number of carboxylic acids is 1. The van der Waals surface area contributed by atoms with Gasteiger partial charge in [0.25, 0.3) is 0 Å². The number of carbonyl (C=O) groups is 2. The Bertz CT molecular complexity index is 771. The standard InChI is InChI=1S/C18H20F2N2O4/c1-11(18(24)25)22(9-8-21-12(2)23)10-13-6-7-16(26-13)17-14(19)4-3-5-15(17)20/h3-7,11H,8-10H2,1-2H3,(H,21,23)(H,24,25). The number of furan rings is 1. The Kier molecular flexibility index (Phi) is 6.46. The van der Waals surface area contributed by atoms with E-state index in [-0.39, 0.29) is 36.9 Å². The highest BCUT2D eigenvalue weighted by atomic mass is 19.1. The number of aliphatic carboxylic acids is 1. The predicted octanol–water partition coefficient (Wildman–Crippen LogP) is 2.64. The highest BCUT2D eigenvalue weighted by Crippen LogP contribution is 2.28. The van der Waals surface area contributed by atoms with E-state index < -0.39 is 23.6 Å². The highest BCUT2D eigenvalue weighted by molar-refractivity contribution is 5.73. The van der Waals surface area contributed by atoms with Gasteiger partial charge in [-0.15, -0.1) is 0 Å². The first-order valence-electron chi connectivity index (χ1n) is 8.04. The average Bonchev–Trinajstić information content (AvgIpc) is 3.00. The molecule has 2 N–H and O–H groups in total. The van der Waals surface area contributed by atoms with Crippen molar-refractivity contribution in [3.63, 3.8) is 0 Å². The van der Waals surface area contributed by atoms with Crippen LogP contribution in [0.5, 0.6) is 0 Å². The predicted molar refractivity (Wildman–Crippen MR) is 90.3 cm³/mol. The third-order valence-electron chi connectivity index (χ3n) is 3.91. The Morgan fingerprint density at radius 1 is 1.23 bits per heavy atom. The molecule has 0 aliphatic carbocycles. The van der Waals surface area contributed by atoms with Crippen LogP contribution in [-0.4, -0.2) is 41.0 Å². The van der Waals surface area contributed by atoms with E-state index in [1.54, 1.807) is 11.0 Å². The number of halogens is 2. The third-order valence-corrected chi connectivity index (χ3v) is 3.91. The molecule has 26 heavy (non-hydrogen) atoms. The van der Waals surface area contributed by atoms with Crippen LogP contribution in [0.15, 0.2) is 34.7 Å². The maximum atomic E-state index is 13.9. The minimum atomic E-state index is -1.03. The van der Waals surface area contributed by atoms with E-state index in [2.05, 4.69) is 5.32 Å². The van der Waals surface area contributed by atoms with Crippen LogP contribution in [0.3, 0.4) is 0 Å². The summed E-state index contributed by atoms with van der Waals surface area (Å²) in [6.45, 7) is 3.53. The minimum Gasteiger partial charge on any atom is -0.480 e. The first-order valence-corrected chi connectivity index (χ1v) is 8.04. The molecule has 1 heterocycles. The lowest BCUT2D eigenvalue weighted by molar-refractivity contribution is -0.142. The van der Waals surface area contributed by atoms with Crippen LogP contribution in [0.4, 0.5) is 8.78 Å². The van der Waals surface area contributed by atoms with Gasteiger partial charge in [-0.1, -0.05) is 6.07 Å². The Morgan fingerprint density at radius 3 is 2.46 bits per heavy atom. The van der Waals surface area contributed by atoms with Gasteiger partial charge in [-0.3, -0.25) is 14.5 Å². The van der Waals surface area contributed by atoms with Crippen LogP contribution in [0.25, 0.3) is 11.3 Å². The molecule has 1 unspecified atom stereocenters. The van der Waals surface area contributed by atoms with Crippen molar-refractivity contribution in [1.29, 1.82) is 0 Å². The molecular formula is C18H20F2N2O4. The van der Waals surface area contributed by atoms with Gasteiger partial charge in [0.1, 0.15) is 29.2 Å². The van der Waals surface area contributed by atoms with Gasteiger partial charge in [0, 0.05) is 20.0 Å². The maximum Gasteiger partial charge on any atom is 0.320 e. The molecule has 0 fully saturated rings. The van der Waals surface area contributed by atoms with Crippen molar-refractivity contribution >= 4 is 11.9 Å². The normalized spacial score (nSPS) is 12.2. The number of hydrogen-bond donors (Lipinski definition) is 2. The second-order valence-corrected chi connectivity index (χ2v) is 5.83. The Morgan fingerprint density at radius 2 is 1.88 bits per heavy atom. The molecule has 0 radical (unpaired) electrons. The smallest absolute Gasteiger partial charge is 0.320 e. The fourth-order valence-electron chi connectivity index (χ4n) is 2.47. The van der Waals surface area contributed by atoms with E-state index >= 15 is 0 Å². The molecule has 2 aromatic rings. The molecule has 0 aliphatic rings. The van der Waals surface area contributed by atoms with Gasteiger partial charge < -0.3 is 14.8 Å². The zero-order valence-corrected chi connectivity index (χ0v) is 14.5. The van der Waals surface area contributed by atoms with Gasteiger partial charge in [-0.05, 0) is 31.2 Å². The molecule has 0 saturated carbocycles. The molecule has 140 valence electrons. The zero-order valence-electron chi connectivity index (χ0n) is 14.5. The molecule has 1 aromatic heterocycles. The lowest BCUT2D eigenvalue weighted by Crippen LogP contribution is -2.42. The molecule has 2 rings (SSSR count). The van der Waals surface area contributed by atoms with Crippen LogP contribution in [0, 0.1) is 11.6 Å². The van der Waals surface area contributed by atoms with Crippen molar-refractivity contribution in [3.05, 3.63) is 47.7 Å². The highest BCUT2D eigenvalue weighted by Gasteiger charge is 2.22. The van der Waals surface area contributed by atoms with Crippen molar-refractivity contribution in [3.8, 4) is 11.3 Å². The van der Waals surface area contributed by atoms with Gasteiger partial charge in [-0.2, -0.15) is 0 Å². The minimum absolute atomic E-state index is 0.0281. The number of carbonyl (C=O) groups excluding carboxylic acids is 1. The van der Waals surface area contributed by atoms with E-state index in [1.165, 1.54) is 26.0 Å². The Balaban J connectivity index is 2.17. The summed E-state index contributed by atoms with van der Waals surface area (Å²) in [6.07, 6.45) is 0. The second kappa shape index (κ2) is 8.57.